The molecule has 1 unspecified atom stereocenters. The molecular weight excluding hydrogens is 324 g/mol. The zero-order valence-corrected chi connectivity index (χ0v) is 15.6. The molecule has 24 heavy (non-hydrogen) atoms. The molecule has 0 aromatic carbocycles. The van der Waals surface area contributed by atoms with Crippen molar-refractivity contribution in [3.05, 3.63) is 11.8 Å². The van der Waals surface area contributed by atoms with Crippen molar-refractivity contribution in [3.63, 3.8) is 0 Å². The number of methoxy groups -OCH3 is 1. The molecule has 1 aromatic rings. The number of thioether (sulfide) groups is 1. The van der Waals surface area contributed by atoms with Crippen molar-refractivity contribution in [3.8, 4) is 5.88 Å². The molecule has 134 valence electrons. The number of ether oxygens (including phenoxy) is 1. The number of rotatable bonds is 4. The van der Waals surface area contributed by atoms with E-state index in [1.54, 1.807) is 18.0 Å². The summed E-state index contributed by atoms with van der Waals surface area (Å²) in [5, 5.41) is 4.24. The predicted molar refractivity (Wildman–Crippen MR) is 96.8 cm³/mol. The van der Waals surface area contributed by atoms with Crippen molar-refractivity contribution in [2.24, 2.45) is 7.05 Å². The number of aromatic nitrogens is 2. The zero-order valence-electron chi connectivity index (χ0n) is 14.7. The van der Waals surface area contributed by atoms with Gasteiger partial charge >= 0.3 is 0 Å². The minimum Gasteiger partial charge on any atom is -0.479 e. The molecule has 2 aliphatic rings. The first-order valence-electron chi connectivity index (χ1n) is 8.87. The summed E-state index contributed by atoms with van der Waals surface area (Å²) in [4.78, 5) is 17.8. The molecule has 1 aromatic heterocycles. The van der Waals surface area contributed by atoms with Crippen LogP contribution in [-0.2, 0) is 7.05 Å². The molecule has 2 aliphatic heterocycles. The Bertz CT molecular complexity index is 557. The van der Waals surface area contributed by atoms with Crippen LogP contribution < -0.4 is 4.74 Å². The molecule has 1 atom stereocenters. The minimum absolute atomic E-state index is 0.0597. The summed E-state index contributed by atoms with van der Waals surface area (Å²) in [6, 6.07) is 0.271. The fraction of sp³-hybridized carbons (Fsp3) is 0.765. The Morgan fingerprint density at radius 3 is 2.83 bits per heavy atom. The highest BCUT2D eigenvalue weighted by molar-refractivity contribution is 7.99. The summed E-state index contributed by atoms with van der Waals surface area (Å²) < 4.78 is 6.95. The molecule has 2 fully saturated rings. The van der Waals surface area contributed by atoms with Crippen LogP contribution >= 0.6 is 11.8 Å². The highest BCUT2D eigenvalue weighted by atomic mass is 32.2. The van der Waals surface area contributed by atoms with Crippen LogP contribution in [0.5, 0.6) is 5.88 Å². The van der Waals surface area contributed by atoms with Gasteiger partial charge in [0.25, 0.3) is 5.91 Å². The lowest BCUT2D eigenvalue weighted by Crippen LogP contribution is -2.49. The minimum atomic E-state index is 0.0597. The number of nitrogens with zero attached hydrogens (tertiary/aromatic N) is 4. The summed E-state index contributed by atoms with van der Waals surface area (Å²) >= 11 is 1.97. The van der Waals surface area contributed by atoms with E-state index in [0.717, 1.165) is 31.0 Å². The number of amides is 1. The predicted octanol–water partition coefficient (Wildman–Crippen LogP) is 1.86. The first kappa shape index (κ1) is 17.6. The molecule has 0 N–H and O–H groups in total. The van der Waals surface area contributed by atoms with E-state index in [1.165, 1.54) is 32.4 Å². The van der Waals surface area contributed by atoms with Crippen LogP contribution in [0.2, 0.25) is 0 Å². The van der Waals surface area contributed by atoms with Crippen molar-refractivity contribution >= 4 is 17.7 Å². The number of carbonyl (C=O) groups is 1. The molecule has 0 saturated carbocycles. The number of carbonyl (C=O) groups excluding carboxylic acids is 1. The largest absolute Gasteiger partial charge is 0.479 e. The van der Waals surface area contributed by atoms with E-state index in [9.17, 15) is 4.79 Å². The standard InChI is InChI=1S/C17H28N4O2S/c1-19-12-15(16(18-19)23-2)17(22)21-9-6-10-24-13-14(21)11-20-7-4-3-5-8-20/h12,14H,3-11,13H2,1-2H3. The number of hydrogen-bond donors (Lipinski definition) is 0. The van der Waals surface area contributed by atoms with Crippen molar-refractivity contribution in [1.29, 1.82) is 0 Å². The normalized spacial score (nSPS) is 23.1. The van der Waals surface area contributed by atoms with Crippen LogP contribution in [-0.4, -0.2) is 76.3 Å². The maximum absolute atomic E-state index is 13.2. The Hall–Kier alpha value is -1.21. The molecule has 0 bridgehead atoms. The van der Waals surface area contributed by atoms with Gasteiger partial charge in [-0.3, -0.25) is 9.48 Å². The van der Waals surface area contributed by atoms with Crippen LogP contribution in [0.15, 0.2) is 6.20 Å². The number of aryl methyl sites for hydroxylation is 1. The molecular formula is C17H28N4O2S. The Kier molecular flexibility index (Phi) is 6.05. The molecule has 0 radical (unpaired) electrons. The van der Waals surface area contributed by atoms with Crippen molar-refractivity contribution < 1.29 is 9.53 Å². The van der Waals surface area contributed by atoms with E-state index in [-0.39, 0.29) is 11.9 Å². The molecule has 3 heterocycles. The highest BCUT2D eigenvalue weighted by Gasteiger charge is 2.31. The molecule has 0 spiro atoms. The second kappa shape index (κ2) is 8.25. The zero-order chi connectivity index (χ0) is 16.9. The number of hydrogen-bond acceptors (Lipinski definition) is 5. The topological polar surface area (TPSA) is 50.6 Å². The maximum atomic E-state index is 13.2. The Morgan fingerprint density at radius 1 is 1.29 bits per heavy atom. The molecule has 6 nitrogen and oxygen atoms in total. The van der Waals surface area contributed by atoms with E-state index in [1.807, 2.05) is 18.8 Å². The highest BCUT2D eigenvalue weighted by Crippen LogP contribution is 2.24. The van der Waals surface area contributed by atoms with Gasteiger partial charge in [-0.15, -0.1) is 5.10 Å². The quantitative estimate of drug-likeness (QED) is 0.828. The maximum Gasteiger partial charge on any atom is 0.261 e. The van der Waals surface area contributed by atoms with E-state index >= 15 is 0 Å². The van der Waals surface area contributed by atoms with Gasteiger partial charge in [-0.05, 0) is 38.1 Å². The summed E-state index contributed by atoms with van der Waals surface area (Å²) in [6.45, 7) is 4.14. The van der Waals surface area contributed by atoms with Crippen molar-refractivity contribution in [2.75, 3.05) is 44.8 Å². The second-order valence-corrected chi connectivity index (χ2v) is 7.82. The lowest BCUT2D eigenvalue weighted by molar-refractivity contribution is 0.0642. The molecule has 1 amide bonds. The Labute approximate surface area is 148 Å². The lowest BCUT2D eigenvalue weighted by atomic mass is 10.1. The van der Waals surface area contributed by atoms with Gasteiger partial charge < -0.3 is 14.5 Å². The number of piperidine rings is 1. The monoisotopic (exact) mass is 352 g/mol. The summed E-state index contributed by atoms with van der Waals surface area (Å²) in [7, 11) is 3.39. The average Bonchev–Trinajstić information content (AvgIpc) is 2.83. The van der Waals surface area contributed by atoms with Crippen molar-refractivity contribution in [2.45, 2.75) is 31.7 Å². The van der Waals surface area contributed by atoms with Crippen LogP contribution in [0.25, 0.3) is 0 Å². The number of likely N-dealkylation sites (tertiary alicyclic amines) is 1. The first-order valence-corrected chi connectivity index (χ1v) is 10.0. The molecule has 7 heteroatoms. The fourth-order valence-corrected chi connectivity index (χ4v) is 4.67. The van der Waals surface area contributed by atoms with E-state index in [4.69, 9.17) is 4.74 Å². The van der Waals surface area contributed by atoms with Gasteiger partial charge in [0.2, 0.25) is 5.88 Å². The second-order valence-electron chi connectivity index (χ2n) is 6.67. The fourth-order valence-electron chi connectivity index (χ4n) is 3.61. The van der Waals surface area contributed by atoms with E-state index in [0.29, 0.717) is 11.4 Å². The van der Waals surface area contributed by atoms with Crippen LogP contribution in [0, 0.1) is 0 Å². The third kappa shape index (κ3) is 4.06. The molecule has 2 saturated heterocycles. The van der Waals surface area contributed by atoms with Crippen LogP contribution in [0.3, 0.4) is 0 Å². The third-order valence-corrected chi connectivity index (χ3v) is 6.03. The SMILES string of the molecule is COc1nn(C)cc1C(=O)N1CCCSCC1CN1CCCCC1. The Morgan fingerprint density at radius 2 is 2.08 bits per heavy atom. The van der Waals surface area contributed by atoms with E-state index in [2.05, 4.69) is 14.9 Å². The van der Waals surface area contributed by atoms with Gasteiger partial charge in [0, 0.05) is 32.1 Å². The van der Waals surface area contributed by atoms with Crippen molar-refractivity contribution in [1.82, 2.24) is 19.6 Å². The van der Waals surface area contributed by atoms with Crippen LogP contribution in [0.1, 0.15) is 36.0 Å². The van der Waals surface area contributed by atoms with Gasteiger partial charge in [-0.25, -0.2) is 0 Å². The van der Waals surface area contributed by atoms with Gasteiger partial charge in [0.05, 0.1) is 13.2 Å². The van der Waals surface area contributed by atoms with Gasteiger partial charge in [-0.1, -0.05) is 6.42 Å². The van der Waals surface area contributed by atoms with E-state index < -0.39 is 0 Å². The molecule has 3 rings (SSSR count). The lowest BCUT2D eigenvalue weighted by Gasteiger charge is -2.35. The van der Waals surface area contributed by atoms with Gasteiger partial charge in [0.15, 0.2) is 0 Å². The van der Waals surface area contributed by atoms with Gasteiger partial charge in [-0.2, -0.15) is 11.8 Å². The average molecular weight is 353 g/mol. The molecule has 0 aliphatic carbocycles. The first-order chi connectivity index (χ1) is 11.7. The Balaban J connectivity index is 1.76. The summed E-state index contributed by atoms with van der Waals surface area (Å²) in [5.74, 6) is 2.63. The smallest absolute Gasteiger partial charge is 0.261 e. The summed E-state index contributed by atoms with van der Waals surface area (Å²) in [5.41, 5.74) is 0.579. The summed E-state index contributed by atoms with van der Waals surface area (Å²) in [6.07, 6.45) is 6.73. The third-order valence-electron chi connectivity index (χ3n) is 4.84. The van der Waals surface area contributed by atoms with Gasteiger partial charge in [0.1, 0.15) is 5.56 Å². The van der Waals surface area contributed by atoms with Crippen LogP contribution in [0.4, 0.5) is 0 Å².